The van der Waals surface area contributed by atoms with Gasteiger partial charge in [0.1, 0.15) is 0 Å². The third-order valence-electron chi connectivity index (χ3n) is 4.53. The number of pyridine rings is 1. The van der Waals surface area contributed by atoms with Gasteiger partial charge in [0, 0.05) is 37.6 Å². The number of rotatable bonds is 4. The van der Waals surface area contributed by atoms with Crippen LogP contribution in [0.2, 0.25) is 0 Å². The molecular formula is C16H27N3. The topological polar surface area (TPSA) is 28.2 Å². The van der Waals surface area contributed by atoms with Crippen LogP contribution in [0.3, 0.4) is 0 Å². The van der Waals surface area contributed by atoms with Crippen molar-refractivity contribution >= 4 is 0 Å². The Morgan fingerprint density at radius 3 is 2.79 bits per heavy atom. The van der Waals surface area contributed by atoms with E-state index in [4.69, 9.17) is 0 Å². The van der Waals surface area contributed by atoms with Gasteiger partial charge in [-0.05, 0) is 43.5 Å². The Hall–Kier alpha value is -0.930. The van der Waals surface area contributed by atoms with Gasteiger partial charge in [0.25, 0.3) is 0 Å². The van der Waals surface area contributed by atoms with Crippen LogP contribution in [0.5, 0.6) is 0 Å². The zero-order valence-corrected chi connectivity index (χ0v) is 12.5. The van der Waals surface area contributed by atoms with Crippen molar-refractivity contribution in [2.24, 2.45) is 5.92 Å². The zero-order valence-electron chi connectivity index (χ0n) is 12.5. The summed E-state index contributed by atoms with van der Waals surface area (Å²) in [6.07, 6.45) is 6.28. The molecule has 0 aliphatic carbocycles. The van der Waals surface area contributed by atoms with E-state index in [0.29, 0.717) is 12.1 Å². The van der Waals surface area contributed by atoms with E-state index in [1.54, 1.807) is 0 Å². The van der Waals surface area contributed by atoms with E-state index in [-0.39, 0.29) is 0 Å². The van der Waals surface area contributed by atoms with E-state index in [2.05, 4.69) is 48.1 Å². The summed E-state index contributed by atoms with van der Waals surface area (Å²) in [6.45, 7) is 10.4. The average Bonchev–Trinajstić information content (AvgIpc) is 2.72. The molecule has 2 heterocycles. The van der Waals surface area contributed by atoms with E-state index in [0.717, 1.165) is 19.0 Å². The summed E-state index contributed by atoms with van der Waals surface area (Å²) in [5, 5.41) is 3.71. The van der Waals surface area contributed by atoms with Crippen LogP contribution < -0.4 is 5.32 Å². The predicted octanol–water partition coefficient (Wildman–Crippen LogP) is 2.85. The molecule has 0 bridgehead atoms. The molecule has 3 nitrogen and oxygen atoms in total. The van der Waals surface area contributed by atoms with Crippen molar-refractivity contribution in [1.29, 1.82) is 0 Å². The highest BCUT2D eigenvalue weighted by Gasteiger charge is 2.25. The lowest BCUT2D eigenvalue weighted by atomic mass is 9.98. The normalized spacial score (nSPS) is 24.7. The molecule has 3 unspecified atom stereocenters. The van der Waals surface area contributed by atoms with Crippen molar-refractivity contribution in [1.82, 2.24) is 15.2 Å². The molecule has 0 radical (unpaired) electrons. The summed E-state index contributed by atoms with van der Waals surface area (Å²) in [6, 6.07) is 5.38. The number of nitrogens with one attached hydrogen (secondary N) is 1. The first-order valence-corrected chi connectivity index (χ1v) is 7.59. The van der Waals surface area contributed by atoms with Gasteiger partial charge in [0.15, 0.2) is 0 Å². The summed E-state index contributed by atoms with van der Waals surface area (Å²) >= 11 is 0. The van der Waals surface area contributed by atoms with Crippen molar-refractivity contribution in [2.45, 2.75) is 45.7 Å². The standard InChI is InChI=1S/C16H27N3/c1-4-13(2)16-12-19(11-5-8-18-16)14(3)15-6-9-17-10-7-15/h6-7,9-10,13-14,16,18H,4-5,8,11-12H2,1-3H3. The second kappa shape index (κ2) is 7.01. The molecule has 0 aromatic carbocycles. The molecule has 3 heteroatoms. The van der Waals surface area contributed by atoms with Crippen molar-refractivity contribution in [3.63, 3.8) is 0 Å². The van der Waals surface area contributed by atoms with E-state index in [1.807, 2.05) is 12.4 Å². The van der Waals surface area contributed by atoms with Crippen LogP contribution in [0, 0.1) is 5.92 Å². The van der Waals surface area contributed by atoms with Crippen molar-refractivity contribution in [3.05, 3.63) is 30.1 Å². The molecule has 106 valence electrons. The predicted molar refractivity (Wildman–Crippen MR) is 80.1 cm³/mol. The average molecular weight is 261 g/mol. The number of hydrogen-bond acceptors (Lipinski definition) is 3. The maximum absolute atomic E-state index is 4.12. The van der Waals surface area contributed by atoms with Gasteiger partial charge in [-0.25, -0.2) is 0 Å². The second-order valence-electron chi connectivity index (χ2n) is 5.75. The fourth-order valence-corrected chi connectivity index (χ4v) is 2.85. The molecule has 1 fully saturated rings. The molecule has 2 rings (SSSR count). The van der Waals surface area contributed by atoms with Crippen molar-refractivity contribution in [2.75, 3.05) is 19.6 Å². The smallest absolute Gasteiger partial charge is 0.0321 e. The van der Waals surface area contributed by atoms with Gasteiger partial charge in [-0.1, -0.05) is 20.3 Å². The lowest BCUT2D eigenvalue weighted by molar-refractivity contribution is 0.188. The van der Waals surface area contributed by atoms with Crippen LogP contribution in [0.25, 0.3) is 0 Å². The molecule has 1 aromatic rings. The first-order valence-electron chi connectivity index (χ1n) is 7.59. The van der Waals surface area contributed by atoms with Crippen LogP contribution in [-0.4, -0.2) is 35.6 Å². The maximum atomic E-state index is 4.12. The quantitative estimate of drug-likeness (QED) is 0.903. The molecule has 0 saturated carbocycles. The lowest BCUT2D eigenvalue weighted by Crippen LogP contribution is -2.42. The van der Waals surface area contributed by atoms with Gasteiger partial charge < -0.3 is 5.32 Å². The van der Waals surface area contributed by atoms with E-state index in [9.17, 15) is 0 Å². The van der Waals surface area contributed by atoms with Crippen LogP contribution in [0.1, 0.15) is 45.2 Å². The minimum absolute atomic E-state index is 0.481. The molecule has 1 aliphatic heterocycles. The van der Waals surface area contributed by atoms with E-state index in [1.165, 1.54) is 24.9 Å². The van der Waals surface area contributed by atoms with Gasteiger partial charge in [-0.2, -0.15) is 0 Å². The van der Waals surface area contributed by atoms with Crippen LogP contribution in [-0.2, 0) is 0 Å². The minimum Gasteiger partial charge on any atom is -0.312 e. The summed E-state index contributed by atoms with van der Waals surface area (Å²) in [5.41, 5.74) is 1.37. The third-order valence-corrected chi connectivity index (χ3v) is 4.53. The summed E-state index contributed by atoms with van der Waals surface area (Å²) in [7, 11) is 0. The van der Waals surface area contributed by atoms with Crippen LogP contribution in [0.4, 0.5) is 0 Å². The second-order valence-corrected chi connectivity index (χ2v) is 5.75. The van der Waals surface area contributed by atoms with Gasteiger partial charge in [-0.3, -0.25) is 9.88 Å². The van der Waals surface area contributed by atoms with Gasteiger partial charge in [-0.15, -0.1) is 0 Å². The molecular weight excluding hydrogens is 234 g/mol. The highest BCUT2D eigenvalue weighted by atomic mass is 15.2. The highest BCUT2D eigenvalue weighted by molar-refractivity contribution is 5.14. The number of hydrogen-bond donors (Lipinski definition) is 1. The fourth-order valence-electron chi connectivity index (χ4n) is 2.85. The molecule has 1 aromatic heterocycles. The number of nitrogens with zero attached hydrogens (tertiary/aromatic N) is 2. The molecule has 1 aliphatic rings. The molecule has 0 spiro atoms. The maximum Gasteiger partial charge on any atom is 0.0321 e. The third kappa shape index (κ3) is 3.77. The largest absolute Gasteiger partial charge is 0.312 e. The Kier molecular flexibility index (Phi) is 5.34. The molecule has 19 heavy (non-hydrogen) atoms. The summed E-state index contributed by atoms with van der Waals surface area (Å²) in [5.74, 6) is 0.741. The molecule has 0 amide bonds. The Bertz CT molecular complexity index is 366. The Labute approximate surface area is 117 Å². The monoisotopic (exact) mass is 261 g/mol. The highest BCUT2D eigenvalue weighted by Crippen LogP contribution is 2.23. The van der Waals surface area contributed by atoms with Crippen molar-refractivity contribution in [3.8, 4) is 0 Å². The summed E-state index contributed by atoms with van der Waals surface area (Å²) in [4.78, 5) is 6.73. The Balaban J connectivity index is 2.05. The molecule has 3 atom stereocenters. The Morgan fingerprint density at radius 1 is 1.37 bits per heavy atom. The van der Waals surface area contributed by atoms with E-state index < -0.39 is 0 Å². The van der Waals surface area contributed by atoms with Gasteiger partial charge >= 0.3 is 0 Å². The first-order chi connectivity index (χ1) is 9.22. The lowest BCUT2D eigenvalue weighted by Gasteiger charge is -2.32. The SMILES string of the molecule is CCC(C)C1CN(C(C)c2ccncc2)CCCN1. The van der Waals surface area contributed by atoms with Crippen LogP contribution >= 0.6 is 0 Å². The zero-order chi connectivity index (χ0) is 13.7. The van der Waals surface area contributed by atoms with Crippen LogP contribution in [0.15, 0.2) is 24.5 Å². The minimum atomic E-state index is 0.481. The molecule has 1 N–H and O–H groups in total. The first kappa shape index (κ1) is 14.5. The van der Waals surface area contributed by atoms with Gasteiger partial charge in [0.05, 0.1) is 0 Å². The number of aromatic nitrogens is 1. The van der Waals surface area contributed by atoms with Gasteiger partial charge in [0.2, 0.25) is 0 Å². The molecule has 1 saturated heterocycles. The van der Waals surface area contributed by atoms with E-state index >= 15 is 0 Å². The fraction of sp³-hybridized carbons (Fsp3) is 0.688. The Morgan fingerprint density at radius 2 is 2.11 bits per heavy atom. The van der Waals surface area contributed by atoms with Crippen molar-refractivity contribution < 1.29 is 0 Å². The summed E-state index contributed by atoms with van der Waals surface area (Å²) < 4.78 is 0.